The molecule has 8 nitrogen and oxygen atoms in total. The third-order valence-corrected chi connectivity index (χ3v) is 7.36. The van der Waals surface area contributed by atoms with Crippen LogP contribution in [-0.2, 0) is 17.9 Å². The van der Waals surface area contributed by atoms with Gasteiger partial charge in [-0.15, -0.1) is 6.42 Å². The minimum atomic E-state index is -0.473. The van der Waals surface area contributed by atoms with Crippen molar-refractivity contribution in [3.05, 3.63) is 112 Å². The van der Waals surface area contributed by atoms with Gasteiger partial charge in [0.25, 0.3) is 5.56 Å². The number of anilines is 1. The van der Waals surface area contributed by atoms with Gasteiger partial charge in [0.2, 0.25) is 11.9 Å². The van der Waals surface area contributed by atoms with E-state index in [-0.39, 0.29) is 24.1 Å². The van der Waals surface area contributed by atoms with Crippen LogP contribution in [0.4, 0.5) is 10.3 Å². The number of nitrogens with zero attached hydrogens (tertiary/aromatic N) is 5. The molecule has 1 amide bonds. The van der Waals surface area contributed by atoms with Gasteiger partial charge in [-0.3, -0.25) is 19.1 Å². The monoisotopic (exact) mass is 550 g/mol. The molecule has 2 aromatic heterocycles. The zero-order chi connectivity index (χ0) is 28.9. The Labute approximate surface area is 238 Å². The third kappa shape index (κ3) is 6.34. The number of benzene rings is 2. The summed E-state index contributed by atoms with van der Waals surface area (Å²) in [5.41, 5.74) is 3.14. The number of carbonyl (C=O) groups is 1. The SMILES string of the molecule is C#Cc1ccc(Cn2c(=O)ccc3cnc(N[C@@H](C)c4ccc(CN5CCN(C(=O)C=C)CC5)cc4)nc32)c(F)c1. The molecule has 0 bridgehead atoms. The van der Waals surface area contributed by atoms with Gasteiger partial charge in [0.05, 0.1) is 12.6 Å². The fraction of sp³-hybridized carbons (Fsp3) is 0.250. The van der Waals surface area contributed by atoms with Gasteiger partial charge in [0.15, 0.2) is 0 Å². The van der Waals surface area contributed by atoms with E-state index in [0.29, 0.717) is 41.2 Å². The third-order valence-electron chi connectivity index (χ3n) is 7.36. The fourth-order valence-electron chi connectivity index (χ4n) is 4.93. The van der Waals surface area contributed by atoms with E-state index in [1.54, 1.807) is 24.4 Å². The summed E-state index contributed by atoms with van der Waals surface area (Å²) in [5, 5.41) is 3.99. The van der Waals surface area contributed by atoms with Crippen molar-refractivity contribution in [2.75, 3.05) is 31.5 Å². The summed E-state index contributed by atoms with van der Waals surface area (Å²) in [5.74, 6) is 2.29. The second kappa shape index (κ2) is 12.1. The molecule has 0 spiro atoms. The number of rotatable bonds is 8. The van der Waals surface area contributed by atoms with E-state index >= 15 is 0 Å². The van der Waals surface area contributed by atoms with E-state index in [2.05, 4.69) is 56.9 Å². The first-order valence-electron chi connectivity index (χ1n) is 13.5. The van der Waals surface area contributed by atoms with E-state index in [4.69, 9.17) is 6.42 Å². The number of hydrogen-bond acceptors (Lipinski definition) is 6. The lowest BCUT2D eigenvalue weighted by Gasteiger charge is -2.34. The first kappa shape index (κ1) is 27.7. The minimum Gasteiger partial charge on any atom is -0.348 e. The van der Waals surface area contributed by atoms with Crippen LogP contribution in [0.1, 0.15) is 35.2 Å². The van der Waals surface area contributed by atoms with E-state index in [1.165, 1.54) is 28.3 Å². The molecule has 0 saturated carbocycles. The van der Waals surface area contributed by atoms with Crippen molar-refractivity contribution in [1.82, 2.24) is 24.3 Å². The summed E-state index contributed by atoms with van der Waals surface area (Å²) < 4.78 is 16.1. The molecule has 3 heterocycles. The van der Waals surface area contributed by atoms with Crippen molar-refractivity contribution in [1.29, 1.82) is 0 Å². The van der Waals surface area contributed by atoms with Gasteiger partial charge in [-0.05, 0) is 42.3 Å². The van der Waals surface area contributed by atoms with Gasteiger partial charge in [-0.2, -0.15) is 4.98 Å². The Morgan fingerprint density at radius 3 is 2.56 bits per heavy atom. The Bertz CT molecular complexity index is 1680. The van der Waals surface area contributed by atoms with Gasteiger partial charge < -0.3 is 10.2 Å². The molecule has 41 heavy (non-hydrogen) atoms. The Hall–Kier alpha value is -4.81. The lowest BCUT2D eigenvalue weighted by molar-refractivity contribution is -0.127. The van der Waals surface area contributed by atoms with Crippen LogP contribution in [0.2, 0.25) is 0 Å². The molecule has 4 aromatic rings. The van der Waals surface area contributed by atoms with Crippen LogP contribution in [0.25, 0.3) is 11.0 Å². The number of halogens is 1. The highest BCUT2D eigenvalue weighted by atomic mass is 19.1. The van der Waals surface area contributed by atoms with Gasteiger partial charge in [-0.25, -0.2) is 9.37 Å². The zero-order valence-corrected chi connectivity index (χ0v) is 22.9. The van der Waals surface area contributed by atoms with E-state index in [1.807, 2.05) is 11.8 Å². The van der Waals surface area contributed by atoms with Crippen molar-refractivity contribution in [2.45, 2.75) is 26.1 Å². The van der Waals surface area contributed by atoms with Gasteiger partial charge >= 0.3 is 0 Å². The van der Waals surface area contributed by atoms with Crippen LogP contribution in [0.3, 0.4) is 0 Å². The molecular formula is C32H31FN6O2. The predicted molar refractivity (Wildman–Crippen MR) is 158 cm³/mol. The molecule has 0 unspecified atom stereocenters. The quantitative estimate of drug-likeness (QED) is 0.264. The van der Waals surface area contributed by atoms with E-state index in [0.717, 1.165) is 25.2 Å². The first-order valence-corrected chi connectivity index (χ1v) is 13.5. The number of carbonyl (C=O) groups excluding carboxylic acids is 1. The van der Waals surface area contributed by atoms with Crippen LogP contribution >= 0.6 is 0 Å². The molecule has 5 rings (SSSR count). The van der Waals surface area contributed by atoms with Crippen LogP contribution in [0, 0.1) is 18.2 Å². The molecule has 1 aliphatic heterocycles. The van der Waals surface area contributed by atoms with Crippen molar-refractivity contribution in [3.63, 3.8) is 0 Å². The highest BCUT2D eigenvalue weighted by Crippen LogP contribution is 2.21. The number of aromatic nitrogens is 3. The summed E-state index contributed by atoms with van der Waals surface area (Å²) in [6, 6.07) is 15.9. The second-order valence-electron chi connectivity index (χ2n) is 10.1. The van der Waals surface area contributed by atoms with E-state index in [9.17, 15) is 14.0 Å². The molecule has 1 fully saturated rings. The Kier molecular flexibility index (Phi) is 8.22. The van der Waals surface area contributed by atoms with Crippen molar-refractivity contribution in [2.24, 2.45) is 0 Å². The Morgan fingerprint density at radius 1 is 1.12 bits per heavy atom. The fourth-order valence-corrected chi connectivity index (χ4v) is 4.93. The molecule has 1 atom stereocenters. The average Bonchev–Trinajstić information content (AvgIpc) is 2.99. The molecule has 1 N–H and O–H groups in total. The number of pyridine rings is 1. The molecule has 0 radical (unpaired) electrons. The maximum atomic E-state index is 14.6. The standard InChI is InChI=1S/C32H31FN6O2/c1-4-23-6-11-27(28(33)18-23)21-39-30(41)13-12-26-19-34-32(36-31(26)39)35-22(3)25-9-7-24(8-10-25)20-37-14-16-38(17-15-37)29(40)5-2/h1,5-13,18-19,22H,2,14-17,20-21H2,3H3,(H,34,35,36)/t22-/m0/s1. The molecule has 208 valence electrons. The smallest absolute Gasteiger partial charge is 0.252 e. The Morgan fingerprint density at radius 2 is 1.88 bits per heavy atom. The molecule has 1 aliphatic rings. The van der Waals surface area contributed by atoms with Crippen LogP contribution < -0.4 is 10.9 Å². The largest absolute Gasteiger partial charge is 0.348 e. The van der Waals surface area contributed by atoms with Crippen molar-refractivity contribution >= 4 is 22.9 Å². The topological polar surface area (TPSA) is 83.4 Å². The van der Waals surface area contributed by atoms with Gasteiger partial charge in [0, 0.05) is 61.5 Å². The van der Waals surface area contributed by atoms with Crippen LogP contribution in [0.15, 0.2) is 78.2 Å². The molecular weight excluding hydrogens is 519 g/mol. The maximum Gasteiger partial charge on any atom is 0.252 e. The van der Waals surface area contributed by atoms with Gasteiger partial charge in [-0.1, -0.05) is 42.8 Å². The summed E-state index contributed by atoms with van der Waals surface area (Å²) in [6.45, 7) is 9.47. The van der Waals surface area contributed by atoms with Crippen LogP contribution in [-0.4, -0.2) is 56.4 Å². The zero-order valence-electron chi connectivity index (χ0n) is 22.9. The number of nitrogens with one attached hydrogen (secondary N) is 1. The highest BCUT2D eigenvalue weighted by Gasteiger charge is 2.19. The first-order chi connectivity index (χ1) is 19.8. The lowest BCUT2D eigenvalue weighted by Crippen LogP contribution is -2.47. The normalized spacial score (nSPS) is 14.4. The van der Waals surface area contributed by atoms with Crippen molar-refractivity contribution in [3.8, 4) is 12.3 Å². The molecule has 9 heteroatoms. The maximum absolute atomic E-state index is 14.6. The summed E-state index contributed by atoms with van der Waals surface area (Å²) in [4.78, 5) is 37.8. The Balaban J connectivity index is 1.27. The van der Waals surface area contributed by atoms with E-state index < -0.39 is 5.82 Å². The molecule has 2 aromatic carbocycles. The predicted octanol–water partition coefficient (Wildman–Crippen LogP) is 3.96. The number of piperazine rings is 1. The second-order valence-corrected chi connectivity index (χ2v) is 10.1. The van der Waals surface area contributed by atoms with Gasteiger partial charge in [0.1, 0.15) is 11.5 Å². The summed E-state index contributed by atoms with van der Waals surface area (Å²) >= 11 is 0. The number of fused-ring (bicyclic) bond motifs is 1. The number of amides is 1. The lowest BCUT2D eigenvalue weighted by atomic mass is 10.1. The van der Waals surface area contributed by atoms with Crippen LogP contribution in [0.5, 0.6) is 0 Å². The molecule has 1 saturated heterocycles. The number of terminal acetylenes is 1. The highest BCUT2D eigenvalue weighted by molar-refractivity contribution is 5.87. The van der Waals surface area contributed by atoms with Crippen molar-refractivity contribution < 1.29 is 9.18 Å². The average molecular weight is 551 g/mol. The summed E-state index contributed by atoms with van der Waals surface area (Å²) in [6.07, 6.45) is 8.39. The minimum absolute atomic E-state index is 0.0138. The summed E-state index contributed by atoms with van der Waals surface area (Å²) in [7, 11) is 0. The number of hydrogen-bond donors (Lipinski definition) is 1. The molecule has 0 aliphatic carbocycles.